The van der Waals surface area contributed by atoms with Gasteiger partial charge in [0.25, 0.3) is 5.91 Å². The zero-order chi connectivity index (χ0) is 20.8. The van der Waals surface area contributed by atoms with Crippen LogP contribution in [0, 0.1) is 12.8 Å². The van der Waals surface area contributed by atoms with Crippen molar-refractivity contribution in [2.45, 2.75) is 45.4 Å². The zero-order valence-electron chi connectivity index (χ0n) is 17.5. The van der Waals surface area contributed by atoms with Gasteiger partial charge in [0, 0.05) is 32.4 Å². The molecule has 1 amide bonds. The lowest BCUT2D eigenvalue weighted by Gasteiger charge is -2.31. The van der Waals surface area contributed by atoms with E-state index in [9.17, 15) is 13.2 Å². The Morgan fingerprint density at radius 1 is 1.10 bits per heavy atom. The second kappa shape index (κ2) is 7.72. The minimum atomic E-state index is -3.13. The fourth-order valence-corrected chi connectivity index (χ4v) is 5.46. The molecule has 2 fully saturated rings. The van der Waals surface area contributed by atoms with Gasteiger partial charge in [-0.2, -0.15) is 5.10 Å². The molecule has 0 saturated carbocycles. The van der Waals surface area contributed by atoms with Crippen molar-refractivity contribution >= 4 is 21.4 Å². The van der Waals surface area contributed by atoms with Gasteiger partial charge in [-0.15, -0.1) is 0 Å². The Balaban J connectivity index is 1.59. The topological polar surface area (TPSA) is 75.0 Å². The molecule has 0 atom stereocenters. The van der Waals surface area contributed by atoms with Crippen molar-refractivity contribution in [2.75, 3.05) is 32.4 Å². The van der Waals surface area contributed by atoms with Crippen molar-refractivity contribution in [3.8, 4) is 0 Å². The first kappa shape index (κ1) is 20.3. The molecule has 7 nitrogen and oxygen atoms in total. The first-order valence-electron chi connectivity index (χ1n) is 10.5. The van der Waals surface area contributed by atoms with Crippen LogP contribution in [0.5, 0.6) is 0 Å². The maximum Gasteiger partial charge on any atom is 0.257 e. The standard InChI is InChI=1S/C21H30N4O3S/c1-15-4-9-23(10-5-15)21(26)20-16(2)22-25-13-8-18(14-19(20)25)17-6-11-24(12-7-17)29(3,27)28/h8,13-15,17H,4-7,9-12H2,1-3H3. The summed E-state index contributed by atoms with van der Waals surface area (Å²) >= 11 is 0. The monoisotopic (exact) mass is 418 g/mol. The van der Waals surface area contributed by atoms with Crippen LogP contribution in [-0.2, 0) is 10.0 Å². The quantitative estimate of drug-likeness (QED) is 0.768. The summed E-state index contributed by atoms with van der Waals surface area (Å²) in [5, 5.41) is 4.56. The summed E-state index contributed by atoms with van der Waals surface area (Å²) in [4.78, 5) is 15.2. The zero-order valence-corrected chi connectivity index (χ0v) is 18.3. The van der Waals surface area contributed by atoms with Gasteiger partial charge in [-0.3, -0.25) is 4.79 Å². The molecule has 0 aliphatic carbocycles. The molecule has 0 N–H and O–H groups in total. The van der Waals surface area contributed by atoms with E-state index in [0.717, 1.165) is 55.5 Å². The normalized spacial score (nSPS) is 20.4. The summed E-state index contributed by atoms with van der Waals surface area (Å²) in [5.41, 5.74) is 3.48. The van der Waals surface area contributed by atoms with Gasteiger partial charge in [0.1, 0.15) is 0 Å². The summed E-state index contributed by atoms with van der Waals surface area (Å²) in [6.45, 7) is 6.84. The van der Waals surface area contributed by atoms with Crippen LogP contribution >= 0.6 is 0 Å². The average Bonchev–Trinajstić information content (AvgIpc) is 3.02. The van der Waals surface area contributed by atoms with Gasteiger partial charge < -0.3 is 4.90 Å². The second-order valence-corrected chi connectivity index (χ2v) is 10.6. The first-order chi connectivity index (χ1) is 13.7. The minimum absolute atomic E-state index is 0.0773. The highest BCUT2D eigenvalue weighted by Crippen LogP contribution is 2.31. The second-order valence-electron chi connectivity index (χ2n) is 8.66. The number of fused-ring (bicyclic) bond motifs is 1. The third kappa shape index (κ3) is 4.05. The predicted octanol–water partition coefficient (Wildman–Crippen LogP) is 2.65. The number of hydrogen-bond donors (Lipinski definition) is 0. The van der Waals surface area contributed by atoms with E-state index in [0.29, 0.717) is 30.5 Å². The first-order valence-corrected chi connectivity index (χ1v) is 12.3. The van der Waals surface area contributed by atoms with Crippen LogP contribution in [0.4, 0.5) is 0 Å². The number of carbonyl (C=O) groups excluding carboxylic acids is 1. The summed E-state index contributed by atoms with van der Waals surface area (Å²) in [6, 6.07) is 4.14. The molecule has 2 aromatic heterocycles. The van der Waals surface area contributed by atoms with Crippen LogP contribution in [0.1, 0.15) is 60.1 Å². The number of amides is 1. The molecular formula is C21H30N4O3S. The Kier molecular flexibility index (Phi) is 5.42. The number of piperidine rings is 2. The fourth-order valence-electron chi connectivity index (χ4n) is 4.59. The summed E-state index contributed by atoms with van der Waals surface area (Å²) in [5.74, 6) is 1.05. The molecular weight excluding hydrogens is 388 g/mol. The fraction of sp³-hybridized carbons (Fsp3) is 0.619. The van der Waals surface area contributed by atoms with E-state index in [4.69, 9.17) is 0 Å². The van der Waals surface area contributed by atoms with Crippen molar-refractivity contribution in [1.29, 1.82) is 0 Å². The molecule has 2 aliphatic heterocycles. The molecule has 4 rings (SSSR count). The highest BCUT2D eigenvalue weighted by atomic mass is 32.2. The van der Waals surface area contributed by atoms with E-state index in [1.165, 1.54) is 6.26 Å². The molecule has 0 unspecified atom stereocenters. The van der Waals surface area contributed by atoms with Crippen LogP contribution in [-0.4, -0.2) is 65.6 Å². The van der Waals surface area contributed by atoms with E-state index in [1.54, 1.807) is 8.82 Å². The van der Waals surface area contributed by atoms with Gasteiger partial charge in [0.05, 0.1) is 23.0 Å². The van der Waals surface area contributed by atoms with E-state index in [-0.39, 0.29) is 5.91 Å². The SMILES string of the molecule is Cc1nn2ccc(C3CCN(S(C)(=O)=O)CC3)cc2c1C(=O)N1CCC(C)CC1. The highest BCUT2D eigenvalue weighted by molar-refractivity contribution is 7.88. The molecule has 4 heterocycles. The number of nitrogens with zero attached hydrogens (tertiary/aromatic N) is 4. The molecule has 0 spiro atoms. The average molecular weight is 419 g/mol. The minimum Gasteiger partial charge on any atom is -0.339 e. The van der Waals surface area contributed by atoms with Gasteiger partial charge in [-0.25, -0.2) is 17.2 Å². The van der Waals surface area contributed by atoms with Crippen LogP contribution in [0.2, 0.25) is 0 Å². The van der Waals surface area contributed by atoms with Crippen molar-refractivity contribution < 1.29 is 13.2 Å². The van der Waals surface area contributed by atoms with Crippen LogP contribution in [0.3, 0.4) is 0 Å². The van der Waals surface area contributed by atoms with Gasteiger partial charge in [-0.1, -0.05) is 6.92 Å². The molecule has 8 heteroatoms. The number of sulfonamides is 1. The number of likely N-dealkylation sites (tertiary alicyclic amines) is 1. The largest absolute Gasteiger partial charge is 0.339 e. The molecule has 2 saturated heterocycles. The van der Waals surface area contributed by atoms with E-state index in [2.05, 4.69) is 24.2 Å². The van der Waals surface area contributed by atoms with Crippen LogP contribution in [0.25, 0.3) is 5.52 Å². The predicted molar refractivity (Wildman–Crippen MR) is 113 cm³/mol. The molecule has 0 radical (unpaired) electrons. The molecule has 0 aromatic carbocycles. The van der Waals surface area contributed by atoms with Gasteiger partial charge >= 0.3 is 0 Å². The van der Waals surface area contributed by atoms with E-state index in [1.807, 2.05) is 18.0 Å². The van der Waals surface area contributed by atoms with Gasteiger partial charge in [0.15, 0.2) is 0 Å². The van der Waals surface area contributed by atoms with Gasteiger partial charge in [0.2, 0.25) is 10.0 Å². The van der Waals surface area contributed by atoms with Crippen LogP contribution in [0.15, 0.2) is 18.3 Å². The van der Waals surface area contributed by atoms with Crippen molar-refractivity contribution in [3.63, 3.8) is 0 Å². The Morgan fingerprint density at radius 3 is 2.38 bits per heavy atom. The molecule has 158 valence electrons. The Labute approximate surface area is 172 Å². The third-order valence-corrected chi connectivity index (χ3v) is 7.82. The van der Waals surface area contributed by atoms with Crippen molar-refractivity contribution in [2.24, 2.45) is 5.92 Å². The number of pyridine rings is 1. The van der Waals surface area contributed by atoms with Crippen molar-refractivity contribution in [1.82, 2.24) is 18.8 Å². The summed E-state index contributed by atoms with van der Waals surface area (Å²) < 4.78 is 26.9. The summed E-state index contributed by atoms with van der Waals surface area (Å²) in [6.07, 6.45) is 6.89. The Bertz CT molecular complexity index is 1010. The highest BCUT2D eigenvalue weighted by Gasteiger charge is 2.28. The smallest absolute Gasteiger partial charge is 0.257 e. The molecule has 2 aliphatic rings. The molecule has 2 aromatic rings. The summed E-state index contributed by atoms with van der Waals surface area (Å²) in [7, 11) is -3.13. The third-order valence-electron chi connectivity index (χ3n) is 6.51. The van der Waals surface area contributed by atoms with Crippen LogP contribution < -0.4 is 0 Å². The van der Waals surface area contributed by atoms with E-state index < -0.39 is 10.0 Å². The molecule has 29 heavy (non-hydrogen) atoms. The number of aromatic nitrogens is 2. The van der Waals surface area contributed by atoms with Crippen molar-refractivity contribution in [3.05, 3.63) is 35.2 Å². The number of hydrogen-bond acceptors (Lipinski definition) is 4. The lowest BCUT2D eigenvalue weighted by molar-refractivity contribution is 0.0698. The lowest BCUT2D eigenvalue weighted by atomic mass is 9.90. The number of rotatable bonds is 3. The maximum atomic E-state index is 13.2. The lowest BCUT2D eigenvalue weighted by Crippen LogP contribution is -2.38. The maximum absolute atomic E-state index is 13.2. The van der Waals surface area contributed by atoms with Gasteiger partial charge in [-0.05, 0) is 62.1 Å². The number of carbonyl (C=O) groups is 1. The number of aryl methyl sites for hydroxylation is 1. The van der Waals surface area contributed by atoms with E-state index >= 15 is 0 Å². The Morgan fingerprint density at radius 2 is 1.76 bits per heavy atom. The molecule has 0 bridgehead atoms. The Hall–Kier alpha value is -1.93.